The Labute approximate surface area is 134 Å². The van der Waals surface area contributed by atoms with Gasteiger partial charge in [-0.25, -0.2) is 0 Å². The van der Waals surface area contributed by atoms with Gasteiger partial charge in [-0.05, 0) is 43.2 Å². The Balaban J connectivity index is 1.64. The van der Waals surface area contributed by atoms with Gasteiger partial charge < -0.3 is 14.9 Å². The maximum Gasteiger partial charge on any atom is 0.248 e. The number of benzene rings is 1. The molecule has 0 fully saturated rings. The third-order valence-corrected chi connectivity index (χ3v) is 3.82. The summed E-state index contributed by atoms with van der Waals surface area (Å²) in [6.07, 6.45) is 5.21. The van der Waals surface area contributed by atoms with Gasteiger partial charge in [0, 0.05) is 42.5 Å². The second-order valence-corrected chi connectivity index (χ2v) is 5.65. The Kier molecular flexibility index (Phi) is 4.28. The van der Waals surface area contributed by atoms with Crippen molar-refractivity contribution < 1.29 is 4.79 Å². The molecule has 0 spiro atoms. The van der Waals surface area contributed by atoms with Crippen molar-refractivity contribution in [1.29, 1.82) is 0 Å². The molecule has 0 unspecified atom stereocenters. The molecule has 0 saturated carbocycles. The molecule has 23 heavy (non-hydrogen) atoms. The minimum Gasteiger partial charge on any atom is -0.354 e. The number of amides is 1. The zero-order valence-electron chi connectivity index (χ0n) is 13.0. The molecule has 0 atom stereocenters. The van der Waals surface area contributed by atoms with E-state index in [2.05, 4.69) is 14.9 Å². The summed E-state index contributed by atoms with van der Waals surface area (Å²) in [5.41, 5.74) is 2.23. The number of H-pyrrole nitrogens is 1. The number of anilines is 1. The molecule has 0 aliphatic carbocycles. The Morgan fingerprint density at radius 2 is 2.00 bits per heavy atom. The molecule has 0 radical (unpaired) electrons. The lowest BCUT2D eigenvalue weighted by atomic mass is 10.1. The first-order valence-electron chi connectivity index (χ1n) is 7.66. The molecule has 1 amide bonds. The fourth-order valence-electron chi connectivity index (χ4n) is 2.68. The number of fused-ring (bicyclic) bond motifs is 1. The van der Waals surface area contributed by atoms with Crippen LogP contribution in [0.4, 0.5) is 5.69 Å². The normalized spacial score (nSPS) is 10.8. The number of aryl methyl sites for hydroxylation is 2. The number of carbonyl (C=O) groups excluding carboxylic acids is 1. The highest BCUT2D eigenvalue weighted by Gasteiger charge is 2.05. The highest BCUT2D eigenvalue weighted by Crippen LogP contribution is 2.19. The van der Waals surface area contributed by atoms with E-state index < -0.39 is 0 Å². The van der Waals surface area contributed by atoms with Gasteiger partial charge in [-0.1, -0.05) is 6.07 Å². The lowest BCUT2D eigenvalue weighted by Crippen LogP contribution is -2.12. The average molecular weight is 309 g/mol. The van der Waals surface area contributed by atoms with Crippen molar-refractivity contribution in [3.8, 4) is 0 Å². The number of nitrogens with zero attached hydrogens (tertiary/aromatic N) is 1. The standard InChI is InChI=1S/C18H19N3O2/c1-13-11-18(23)20-16-12-14(6-7-15(13)16)19-17(22)5-4-10-21-8-2-3-9-21/h2-3,6-9,11-12H,4-5,10H2,1H3,(H,19,22)(H,20,23). The van der Waals surface area contributed by atoms with Gasteiger partial charge in [0.05, 0.1) is 5.52 Å². The van der Waals surface area contributed by atoms with Crippen LogP contribution in [0, 0.1) is 6.92 Å². The Bertz CT molecular complexity index is 879. The molecule has 118 valence electrons. The van der Waals surface area contributed by atoms with Crippen LogP contribution in [0.2, 0.25) is 0 Å². The number of carbonyl (C=O) groups is 1. The number of hydrogen-bond donors (Lipinski definition) is 2. The molecular weight excluding hydrogens is 290 g/mol. The first-order chi connectivity index (χ1) is 11.1. The topological polar surface area (TPSA) is 66.9 Å². The van der Waals surface area contributed by atoms with Crippen LogP contribution >= 0.6 is 0 Å². The van der Waals surface area contributed by atoms with Gasteiger partial charge in [0.25, 0.3) is 0 Å². The summed E-state index contributed by atoms with van der Waals surface area (Å²) < 4.78 is 2.05. The molecule has 1 aromatic carbocycles. The zero-order chi connectivity index (χ0) is 16.2. The molecule has 0 aliphatic rings. The first kappa shape index (κ1) is 15.1. The molecule has 5 heteroatoms. The van der Waals surface area contributed by atoms with Crippen LogP contribution in [0.5, 0.6) is 0 Å². The molecule has 3 rings (SSSR count). The van der Waals surface area contributed by atoms with E-state index in [1.165, 1.54) is 0 Å². The van der Waals surface area contributed by atoms with Crippen LogP contribution in [-0.4, -0.2) is 15.5 Å². The van der Waals surface area contributed by atoms with Crippen LogP contribution in [0.3, 0.4) is 0 Å². The van der Waals surface area contributed by atoms with Gasteiger partial charge in [-0.15, -0.1) is 0 Å². The van der Waals surface area contributed by atoms with Gasteiger partial charge in [0.15, 0.2) is 0 Å². The number of aromatic amines is 1. The molecular formula is C18H19N3O2. The molecule has 2 heterocycles. The van der Waals surface area contributed by atoms with E-state index in [4.69, 9.17) is 0 Å². The lowest BCUT2D eigenvalue weighted by molar-refractivity contribution is -0.116. The monoisotopic (exact) mass is 309 g/mol. The molecule has 5 nitrogen and oxygen atoms in total. The van der Waals surface area contributed by atoms with E-state index >= 15 is 0 Å². The zero-order valence-corrected chi connectivity index (χ0v) is 13.0. The smallest absolute Gasteiger partial charge is 0.248 e. The largest absolute Gasteiger partial charge is 0.354 e. The van der Waals surface area contributed by atoms with Gasteiger partial charge in [-0.2, -0.15) is 0 Å². The van der Waals surface area contributed by atoms with E-state index in [-0.39, 0.29) is 11.5 Å². The minimum absolute atomic E-state index is 0.0218. The predicted octanol–water partition coefficient (Wildman–Crippen LogP) is 3.06. The van der Waals surface area contributed by atoms with Crippen LogP contribution in [-0.2, 0) is 11.3 Å². The quantitative estimate of drug-likeness (QED) is 0.760. The van der Waals surface area contributed by atoms with Gasteiger partial charge in [0.1, 0.15) is 0 Å². The lowest BCUT2D eigenvalue weighted by Gasteiger charge is -2.08. The molecule has 2 aromatic heterocycles. The van der Waals surface area contributed by atoms with Crippen LogP contribution in [0.15, 0.2) is 53.6 Å². The van der Waals surface area contributed by atoms with E-state index in [0.29, 0.717) is 12.1 Å². The summed E-state index contributed by atoms with van der Waals surface area (Å²) in [7, 11) is 0. The van der Waals surface area contributed by atoms with Gasteiger partial charge in [0.2, 0.25) is 11.5 Å². The molecule has 0 aliphatic heterocycles. The Morgan fingerprint density at radius 3 is 2.78 bits per heavy atom. The summed E-state index contributed by atoms with van der Waals surface area (Å²) >= 11 is 0. The number of aromatic nitrogens is 2. The van der Waals surface area contributed by atoms with Crippen molar-refractivity contribution in [2.24, 2.45) is 0 Å². The van der Waals surface area contributed by atoms with Gasteiger partial charge >= 0.3 is 0 Å². The Hall–Kier alpha value is -2.82. The van der Waals surface area contributed by atoms with Crippen LogP contribution in [0.25, 0.3) is 10.9 Å². The summed E-state index contributed by atoms with van der Waals surface area (Å²) in [6, 6.07) is 11.1. The highest BCUT2D eigenvalue weighted by atomic mass is 16.1. The maximum atomic E-state index is 12.0. The van der Waals surface area contributed by atoms with E-state index in [1.54, 1.807) is 12.1 Å². The second-order valence-electron chi connectivity index (χ2n) is 5.65. The molecule has 2 N–H and O–H groups in total. The maximum absolute atomic E-state index is 12.0. The summed E-state index contributed by atoms with van der Waals surface area (Å²) in [5, 5.41) is 3.86. The Morgan fingerprint density at radius 1 is 1.22 bits per heavy atom. The number of pyridine rings is 1. The fraction of sp³-hybridized carbons (Fsp3) is 0.222. The van der Waals surface area contributed by atoms with Gasteiger partial charge in [-0.3, -0.25) is 9.59 Å². The highest BCUT2D eigenvalue weighted by molar-refractivity contribution is 5.94. The third kappa shape index (κ3) is 3.69. The fourth-order valence-corrected chi connectivity index (χ4v) is 2.68. The summed E-state index contributed by atoms with van der Waals surface area (Å²) in [5.74, 6) is -0.0218. The first-order valence-corrected chi connectivity index (χ1v) is 7.66. The number of hydrogen-bond acceptors (Lipinski definition) is 2. The van der Waals surface area contributed by atoms with E-state index in [1.807, 2.05) is 43.6 Å². The number of nitrogens with one attached hydrogen (secondary N) is 2. The van der Waals surface area contributed by atoms with Crippen molar-refractivity contribution in [2.45, 2.75) is 26.3 Å². The van der Waals surface area contributed by atoms with Crippen molar-refractivity contribution in [2.75, 3.05) is 5.32 Å². The van der Waals surface area contributed by atoms with Crippen LogP contribution < -0.4 is 10.9 Å². The molecule has 0 bridgehead atoms. The van der Waals surface area contributed by atoms with Crippen molar-refractivity contribution in [3.63, 3.8) is 0 Å². The minimum atomic E-state index is -0.134. The number of rotatable bonds is 5. The van der Waals surface area contributed by atoms with E-state index in [0.717, 1.165) is 29.4 Å². The van der Waals surface area contributed by atoms with E-state index in [9.17, 15) is 9.59 Å². The summed E-state index contributed by atoms with van der Waals surface area (Å²) in [4.78, 5) is 26.4. The van der Waals surface area contributed by atoms with Crippen molar-refractivity contribution >= 4 is 22.5 Å². The van der Waals surface area contributed by atoms with Crippen molar-refractivity contribution in [1.82, 2.24) is 9.55 Å². The SMILES string of the molecule is Cc1cc(=O)[nH]c2cc(NC(=O)CCCn3cccc3)ccc12. The second kappa shape index (κ2) is 6.52. The predicted molar refractivity (Wildman–Crippen MR) is 91.6 cm³/mol. The third-order valence-electron chi connectivity index (χ3n) is 3.82. The molecule has 0 saturated heterocycles. The van der Waals surface area contributed by atoms with Crippen LogP contribution in [0.1, 0.15) is 18.4 Å². The average Bonchev–Trinajstić information content (AvgIpc) is 3.00. The summed E-state index contributed by atoms with van der Waals surface area (Å²) in [6.45, 7) is 2.72. The van der Waals surface area contributed by atoms with Crippen molar-refractivity contribution in [3.05, 3.63) is 64.7 Å². The molecule has 3 aromatic rings.